The van der Waals surface area contributed by atoms with Crippen molar-refractivity contribution in [1.29, 1.82) is 0 Å². The standard InChI is InChI=1S/C19H22ClFN2O3S/c1-4-13-8-6-7-9-17(13)22-19(24)18(5-2)23(27(3,25)26)14-10-11-16(21)15(20)12-14/h6-12,18H,4-5H2,1-3H3,(H,22,24). The maximum Gasteiger partial charge on any atom is 0.248 e. The van der Waals surface area contributed by atoms with E-state index in [0.717, 1.165) is 28.6 Å². The molecule has 0 radical (unpaired) electrons. The van der Waals surface area contributed by atoms with E-state index in [2.05, 4.69) is 5.32 Å². The quantitative estimate of drug-likeness (QED) is 0.740. The van der Waals surface area contributed by atoms with Gasteiger partial charge in [0.05, 0.1) is 17.0 Å². The summed E-state index contributed by atoms with van der Waals surface area (Å²) < 4.78 is 39.3. The Labute approximate surface area is 164 Å². The van der Waals surface area contributed by atoms with Crippen molar-refractivity contribution in [3.8, 4) is 0 Å². The van der Waals surface area contributed by atoms with Crippen molar-refractivity contribution >= 4 is 38.9 Å². The number of nitrogens with one attached hydrogen (secondary N) is 1. The lowest BCUT2D eigenvalue weighted by molar-refractivity contribution is -0.117. The van der Waals surface area contributed by atoms with E-state index in [1.54, 1.807) is 19.1 Å². The van der Waals surface area contributed by atoms with Gasteiger partial charge < -0.3 is 5.32 Å². The van der Waals surface area contributed by atoms with E-state index in [9.17, 15) is 17.6 Å². The molecule has 0 spiro atoms. The molecule has 2 rings (SSSR count). The van der Waals surface area contributed by atoms with Gasteiger partial charge in [-0.1, -0.05) is 43.6 Å². The summed E-state index contributed by atoms with van der Waals surface area (Å²) in [6.45, 7) is 3.67. The molecule has 0 saturated heterocycles. The molecule has 8 heteroatoms. The maximum atomic E-state index is 13.5. The number of amides is 1. The molecule has 0 bridgehead atoms. The number of carbonyl (C=O) groups excluding carboxylic acids is 1. The van der Waals surface area contributed by atoms with E-state index in [1.165, 1.54) is 12.1 Å². The third kappa shape index (κ3) is 4.99. The summed E-state index contributed by atoms with van der Waals surface area (Å²) in [5.41, 5.74) is 1.71. The summed E-state index contributed by atoms with van der Waals surface area (Å²) in [6.07, 6.45) is 1.94. The van der Waals surface area contributed by atoms with Crippen LogP contribution in [-0.2, 0) is 21.2 Å². The minimum atomic E-state index is -3.82. The number of sulfonamides is 1. The van der Waals surface area contributed by atoms with Crippen LogP contribution in [0.15, 0.2) is 42.5 Å². The molecule has 0 fully saturated rings. The molecule has 1 atom stereocenters. The Balaban J connectivity index is 2.43. The second-order valence-electron chi connectivity index (χ2n) is 6.08. The summed E-state index contributed by atoms with van der Waals surface area (Å²) in [5.74, 6) is -1.13. The fourth-order valence-corrected chi connectivity index (χ4v) is 4.23. The van der Waals surface area contributed by atoms with Crippen molar-refractivity contribution in [2.75, 3.05) is 15.9 Å². The molecule has 2 aromatic rings. The SMILES string of the molecule is CCc1ccccc1NC(=O)C(CC)N(c1ccc(F)c(Cl)c1)S(C)(=O)=O. The number of rotatable bonds is 7. The van der Waals surface area contributed by atoms with Crippen LogP contribution in [0.25, 0.3) is 0 Å². The summed E-state index contributed by atoms with van der Waals surface area (Å²) in [6, 6.07) is 9.89. The molecule has 0 saturated carbocycles. The highest BCUT2D eigenvalue weighted by Crippen LogP contribution is 2.28. The van der Waals surface area contributed by atoms with E-state index in [0.29, 0.717) is 5.69 Å². The maximum absolute atomic E-state index is 13.5. The summed E-state index contributed by atoms with van der Waals surface area (Å²) in [7, 11) is -3.82. The molecule has 27 heavy (non-hydrogen) atoms. The molecule has 0 aliphatic rings. The number of hydrogen-bond acceptors (Lipinski definition) is 3. The Kier molecular flexibility index (Phi) is 6.84. The van der Waals surface area contributed by atoms with Gasteiger partial charge in [0.15, 0.2) is 0 Å². The molecular formula is C19H22ClFN2O3S. The number of para-hydroxylation sites is 1. The van der Waals surface area contributed by atoms with Crippen LogP contribution in [0.1, 0.15) is 25.8 Å². The van der Waals surface area contributed by atoms with Crippen LogP contribution in [0.4, 0.5) is 15.8 Å². The average molecular weight is 413 g/mol. The second kappa shape index (κ2) is 8.71. The Hall–Kier alpha value is -2.12. The molecule has 146 valence electrons. The highest BCUT2D eigenvalue weighted by Gasteiger charge is 2.32. The first-order valence-electron chi connectivity index (χ1n) is 8.52. The van der Waals surface area contributed by atoms with Crippen LogP contribution in [0.5, 0.6) is 0 Å². The molecular weight excluding hydrogens is 391 g/mol. The van der Waals surface area contributed by atoms with Gasteiger partial charge >= 0.3 is 0 Å². The lowest BCUT2D eigenvalue weighted by atomic mass is 10.1. The first kappa shape index (κ1) is 21.2. The predicted octanol–water partition coefficient (Wildman–Crippen LogP) is 4.22. The average Bonchev–Trinajstić information content (AvgIpc) is 2.61. The van der Waals surface area contributed by atoms with Gasteiger partial charge in [0.2, 0.25) is 15.9 Å². The van der Waals surface area contributed by atoms with Gasteiger partial charge in [-0.15, -0.1) is 0 Å². The van der Waals surface area contributed by atoms with Crippen LogP contribution in [0, 0.1) is 5.82 Å². The van der Waals surface area contributed by atoms with Crippen LogP contribution in [0.2, 0.25) is 5.02 Å². The normalized spacial score (nSPS) is 12.5. The minimum Gasteiger partial charge on any atom is -0.324 e. The van der Waals surface area contributed by atoms with Crippen molar-refractivity contribution in [3.63, 3.8) is 0 Å². The van der Waals surface area contributed by atoms with E-state index in [-0.39, 0.29) is 17.1 Å². The lowest BCUT2D eigenvalue weighted by Gasteiger charge is -2.30. The number of aryl methyl sites for hydroxylation is 1. The Morgan fingerprint density at radius 2 is 1.89 bits per heavy atom. The first-order valence-corrected chi connectivity index (χ1v) is 10.7. The highest BCUT2D eigenvalue weighted by atomic mass is 35.5. The van der Waals surface area contributed by atoms with Crippen LogP contribution >= 0.6 is 11.6 Å². The topological polar surface area (TPSA) is 66.5 Å². The zero-order chi connectivity index (χ0) is 20.2. The third-order valence-corrected chi connectivity index (χ3v) is 5.61. The number of halogens is 2. The van der Waals surface area contributed by atoms with E-state index < -0.39 is 27.8 Å². The van der Waals surface area contributed by atoms with Gasteiger partial charge in [0.25, 0.3) is 0 Å². The molecule has 0 aliphatic carbocycles. The van der Waals surface area contributed by atoms with Crippen molar-refractivity contribution in [2.24, 2.45) is 0 Å². The van der Waals surface area contributed by atoms with Gasteiger partial charge in [0, 0.05) is 5.69 Å². The number of benzene rings is 2. The largest absolute Gasteiger partial charge is 0.324 e. The molecule has 0 aliphatic heterocycles. The molecule has 0 aromatic heterocycles. The summed E-state index contributed by atoms with van der Waals surface area (Å²) in [5, 5.41) is 2.59. The predicted molar refractivity (Wildman–Crippen MR) is 107 cm³/mol. The zero-order valence-electron chi connectivity index (χ0n) is 15.4. The van der Waals surface area contributed by atoms with Crippen molar-refractivity contribution in [1.82, 2.24) is 0 Å². The Bertz CT molecular complexity index is 934. The number of nitrogens with zero attached hydrogens (tertiary/aromatic N) is 1. The number of anilines is 2. The molecule has 1 N–H and O–H groups in total. The Morgan fingerprint density at radius 3 is 2.44 bits per heavy atom. The van der Waals surface area contributed by atoms with E-state index >= 15 is 0 Å². The van der Waals surface area contributed by atoms with Gasteiger partial charge in [-0.05, 0) is 42.7 Å². The molecule has 2 aromatic carbocycles. The van der Waals surface area contributed by atoms with Crippen molar-refractivity contribution < 1.29 is 17.6 Å². The fourth-order valence-electron chi connectivity index (χ4n) is 2.85. The smallest absolute Gasteiger partial charge is 0.248 e. The van der Waals surface area contributed by atoms with Gasteiger partial charge in [-0.2, -0.15) is 0 Å². The first-order chi connectivity index (χ1) is 12.7. The molecule has 1 unspecified atom stereocenters. The van der Waals surface area contributed by atoms with Gasteiger partial charge in [0.1, 0.15) is 11.9 Å². The zero-order valence-corrected chi connectivity index (χ0v) is 16.9. The number of hydrogen-bond donors (Lipinski definition) is 1. The number of carbonyl (C=O) groups is 1. The molecule has 0 heterocycles. The Morgan fingerprint density at radius 1 is 1.22 bits per heavy atom. The van der Waals surface area contributed by atoms with Crippen molar-refractivity contribution in [3.05, 3.63) is 58.9 Å². The fraction of sp³-hybridized carbons (Fsp3) is 0.316. The lowest BCUT2D eigenvalue weighted by Crippen LogP contribution is -2.47. The van der Waals surface area contributed by atoms with Crippen LogP contribution in [0.3, 0.4) is 0 Å². The summed E-state index contributed by atoms with van der Waals surface area (Å²) in [4.78, 5) is 12.9. The van der Waals surface area contributed by atoms with E-state index in [1.807, 2.05) is 19.1 Å². The van der Waals surface area contributed by atoms with Crippen LogP contribution < -0.4 is 9.62 Å². The van der Waals surface area contributed by atoms with Crippen LogP contribution in [-0.4, -0.2) is 26.6 Å². The highest BCUT2D eigenvalue weighted by molar-refractivity contribution is 7.92. The minimum absolute atomic E-state index is 0.134. The van der Waals surface area contributed by atoms with Gasteiger partial charge in [-0.25, -0.2) is 12.8 Å². The molecule has 1 amide bonds. The van der Waals surface area contributed by atoms with Gasteiger partial charge in [-0.3, -0.25) is 9.10 Å². The van der Waals surface area contributed by atoms with E-state index in [4.69, 9.17) is 11.6 Å². The molecule has 5 nitrogen and oxygen atoms in total. The summed E-state index contributed by atoms with van der Waals surface area (Å²) >= 11 is 5.81. The van der Waals surface area contributed by atoms with Crippen molar-refractivity contribution in [2.45, 2.75) is 32.7 Å². The monoisotopic (exact) mass is 412 g/mol. The second-order valence-corrected chi connectivity index (χ2v) is 8.35. The third-order valence-electron chi connectivity index (χ3n) is 4.14.